The Morgan fingerprint density at radius 3 is 2.36 bits per heavy atom. The Hall–Kier alpha value is -3.56. The van der Waals surface area contributed by atoms with Gasteiger partial charge in [-0.05, 0) is 18.2 Å². The van der Waals surface area contributed by atoms with Gasteiger partial charge in [0.2, 0.25) is 5.88 Å². The van der Waals surface area contributed by atoms with E-state index in [0.717, 1.165) is 12.1 Å². The average molecular weight is 307 g/mol. The summed E-state index contributed by atoms with van der Waals surface area (Å²) in [5.41, 5.74) is -3.35. The molecule has 22 heavy (non-hydrogen) atoms. The maximum atomic E-state index is 11.9. The minimum absolute atomic E-state index is 0.0369. The van der Waals surface area contributed by atoms with Gasteiger partial charge in [0.1, 0.15) is 11.3 Å². The Labute approximate surface area is 120 Å². The molecular weight excluding hydrogens is 298 g/mol. The van der Waals surface area contributed by atoms with Gasteiger partial charge in [0.05, 0.1) is 0 Å². The van der Waals surface area contributed by atoms with Gasteiger partial charge in [0, 0.05) is 5.69 Å². The SMILES string of the molecule is O=C(O)c1cc(NC(=O)c2c(O)[nH]c(=O)[nH]c2=O)ccc1O. The molecule has 0 bridgehead atoms. The third-order valence-electron chi connectivity index (χ3n) is 2.63. The summed E-state index contributed by atoms with van der Waals surface area (Å²) in [5.74, 6) is -3.92. The Morgan fingerprint density at radius 2 is 1.77 bits per heavy atom. The van der Waals surface area contributed by atoms with Crippen molar-refractivity contribution >= 4 is 17.6 Å². The summed E-state index contributed by atoms with van der Waals surface area (Å²) in [6.07, 6.45) is 0. The minimum Gasteiger partial charge on any atom is -0.507 e. The van der Waals surface area contributed by atoms with Crippen LogP contribution in [-0.4, -0.2) is 37.2 Å². The summed E-state index contributed by atoms with van der Waals surface area (Å²) in [6.45, 7) is 0. The maximum Gasteiger partial charge on any atom is 0.339 e. The lowest BCUT2D eigenvalue weighted by Crippen LogP contribution is -2.30. The van der Waals surface area contributed by atoms with Crippen molar-refractivity contribution in [1.82, 2.24) is 9.97 Å². The number of carbonyl (C=O) groups excluding carboxylic acids is 1. The van der Waals surface area contributed by atoms with Gasteiger partial charge in [-0.1, -0.05) is 0 Å². The number of carboxylic acid groups (broad SMARTS) is 1. The normalized spacial score (nSPS) is 10.2. The smallest absolute Gasteiger partial charge is 0.339 e. The number of anilines is 1. The Kier molecular flexibility index (Phi) is 3.67. The predicted octanol–water partition coefficient (Wildman–Crippen LogP) is -0.575. The van der Waals surface area contributed by atoms with Gasteiger partial charge in [-0.2, -0.15) is 0 Å². The number of nitrogens with one attached hydrogen (secondary N) is 3. The highest BCUT2D eigenvalue weighted by atomic mass is 16.4. The number of benzene rings is 1. The van der Waals surface area contributed by atoms with Gasteiger partial charge < -0.3 is 20.6 Å². The van der Waals surface area contributed by atoms with Crippen LogP contribution in [-0.2, 0) is 0 Å². The van der Waals surface area contributed by atoms with Crippen LogP contribution in [0.1, 0.15) is 20.7 Å². The summed E-state index contributed by atoms with van der Waals surface area (Å²) in [5, 5.41) is 29.8. The second-order valence-corrected chi connectivity index (χ2v) is 4.12. The maximum absolute atomic E-state index is 11.9. The molecule has 1 aromatic heterocycles. The number of phenols is 1. The van der Waals surface area contributed by atoms with Crippen LogP contribution >= 0.6 is 0 Å². The van der Waals surface area contributed by atoms with E-state index in [0.29, 0.717) is 0 Å². The molecule has 10 nitrogen and oxygen atoms in total. The number of hydrogen-bond donors (Lipinski definition) is 6. The van der Waals surface area contributed by atoms with E-state index >= 15 is 0 Å². The second kappa shape index (κ2) is 5.44. The molecule has 1 amide bonds. The topological polar surface area (TPSA) is 173 Å². The van der Waals surface area contributed by atoms with Crippen molar-refractivity contribution in [2.24, 2.45) is 0 Å². The fourth-order valence-corrected chi connectivity index (χ4v) is 1.66. The van der Waals surface area contributed by atoms with Crippen LogP contribution in [0.15, 0.2) is 27.8 Å². The van der Waals surface area contributed by atoms with Crippen molar-refractivity contribution in [3.05, 3.63) is 50.2 Å². The van der Waals surface area contributed by atoms with E-state index in [1.165, 1.54) is 6.07 Å². The Balaban J connectivity index is 2.38. The predicted molar refractivity (Wildman–Crippen MR) is 72.4 cm³/mol. The highest BCUT2D eigenvalue weighted by molar-refractivity contribution is 6.06. The van der Waals surface area contributed by atoms with E-state index < -0.39 is 45.9 Å². The van der Waals surface area contributed by atoms with Crippen molar-refractivity contribution in [2.75, 3.05) is 5.32 Å². The molecule has 0 radical (unpaired) electrons. The van der Waals surface area contributed by atoms with E-state index in [-0.39, 0.29) is 5.69 Å². The molecule has 0 unspecified atom stereocenters. The number of aromatic hydroxyl groups is 2. The van der Waals surface area contributed by atoms with Gasteiger partial charge in [-0.25, -0.2) is 9.59 Å². The van der Waals surface area contributed by atoms with Crippen LogP contribution in [0.2, 0.25) is 0 Å². The largest absolute Gasteiger partial charge is 0.507 e. The van der Waals surface area contributed by atoms with Crippen LogP contribution in [0.4, 0.5) is 5.69 Å². The Morgan fingerprint density at radius 1 is 1.09 bits per heavy atom. The monoisotopic (exact) mass is 307 g/mol. The minimum atomic E-state index is -1.42. The lowest BCUT2D eigenvalue weighted by Gasteiger charge is -2.07. The lowest BCUT2D eigenvalue weighted by atomic mass is 10.1. The van der Waals surface area contributed by atoms with Gasteiger partial charge in [-0.15, -0.1) is 0 Å². The number of carbonyl (C=O) groups is 2. The molecule has 0 saturated carbocycles. The zero-order valence-electron chi connectivity index (χ0n) is 10.7. The van der Waals surface area contributed by atoms with Gasteiger partial charge in [0.15, 0.2) is 5.56 Å². The van der Waals surface area contributed by atoms with Crippen molar-refractivity contribution in [3.63, 3.8) is 0 Å². The van der Waals surface area contributed by atoms with E-state index in [1.807, 2.05) is 4.98 Å². The molecule has 0 aliphatic carbocycles. The molecule has 1 heterocycles. The van der Waals surface area contributed by atoms with Crippen LogP contribution in [0.3, 0.4) is 0 Å². The first kappa shape index (κ1) is 14.8. The van der Waals surface area contributed by atoms with Gasteiger partial charge in [-0.3, -0.25) is 19.6 Å². The second-order valence-electron chi connectivity index (χ2n) is 4.12. The van der Waals surface area contributed by atoms with Crippen molar-refractivity contribution in [3.8, 4) is 11.6 Å². The quantitative estimate of drug-likeness (QED) is 0.411. The summed E-state index contributed by atoms with van der Waals surface area (Å²) in [4.78, 5) is 48.8. The fourth-order valence-electron chi connectivity index (χ4n) is 1.66. The molecule has 6 N–H and O–H groups in total. The third kappa shape index (κ3) is 2.80. The zero-order valence-corrected chi connectivity index (χ0v) is 10.7. The molecule has 114 valence electrons. The van der Waals surface area contributed by atoms with Crippen LogP contribution in [0.25, 0.3) is 0 Å². The molecule has 0 spiro atoms. The van der Waals surface area contributed by atoms with Gasteiger partial charge >= 0.3 is 11.7 Å². The van der Waals surface area contributed by atoms with E-state index in [9.17, 15) is 29.4 Å². The van der Waals surface area contributed by atoms with Crippen molar-refractivity contribution < 1.29 is 24.9 Å². The first-order valence-corrected chi connectivity index (χ1v) is 5.73. The highest BCUT2D eigenvalue weighted by Crippen LogP contribution is 2.22. The molecule has 2 aromatic rings. The highest BCUT2D eigenvalue weighted by Gasteiger charge is 2.18. The number of H-pyrrole nitrogens is 2. The number of amides is 1. The molecule has 0 saturated heterocycles. The molecule has 2 rings (SSSR count). The summed E-state index contributed by atoms with van der Waals surface area (Å²) < 4.78 is 0. The van der Waals surface area contributed by atoms with Gasteiger partial charge in [0.25, 0.3) is 11.5 Å². The van der Waals surface area contributed by atoms with Crippen LogP contribution < -0.4 is 16.6 Å². The number of carboxylic acids is 1. The van der Waals surface area contributed by atoms with Crippen LogP contribution in [0, 0.1) is 0 Å². The first-order chi connectivity index (χ1) is 10.3. The van der Waals surface area contributed by atoms with E-state index in [1.54, 1.807) is 4.98 Å². The van der Waals surface area contributed by atoms with Crippen molar-refractivity contribution in [1.29, 1.82) is 0 Å². The lowest BCUT2D eigenvalue weighted by molar-refractivity contribution is 0.0693. The average Bonchev–Trinajstić information content (AvgIpc) is 2.39. The molecule has 0 atom stereocenters. The first-order valence-electron chi connectivity index (χ1n) is 5.73. The number of rotatable bonds is 3. The number of aromatic amines is 2. The van der Waals surface area contributed by atoms with Crippen molar-refractivity contribution in [2.45, 2.75) is 0 Å². The van der Waals surface area contributed by atoms with E-state index in [4.69, 9.17) is 5.11 Å². The summed E-state index contributed by atoms with van der Waals surface area (Å²) in [6, 6.07) is 3.19. The summed E-state index contributed by atoms with van der Waals surface area (Å²) in [7, 11) is 0. The molecule has 10 heteroatoms. The molecule has 0 aliphatic rings. The fraction of sp³-hybridized carbons (Fsp3) is 0. The zero-order chi connectivity index (χ0) is 16.4. The third-order valence-corrected chi connectivity index (χ3v) is 2.63. The van der Waals surface area contributed by atoms with E-state index in [2.05, 4.69) is 5.32 Å². The molecular formula is C12H9N3O7. The standard InChI is InChI=1S/C12H9N3O7/c16-6-2-1-4(3-5(6)11(20)21)13-8(17)7-9(18)14-12(22)15-10(7)19/h1-3,16H,(H,13,17)(H,20,21)(H3,14,15,18,19,22). The Bertz CT molecular complexity index is 881. The van der Waals surface area contributed by atoms with Crippen LogP contribution in [0.5, 0.6) is 11.6 Å². The molecule has 1 aromatic carbocycles. The summed E-state index contributed by atoms with van der Waals surface area (Å²) >= 11 is 0. The molecule has 0 aliphatic heterocycles. The number of hydrogen-bond acceptors (Lipinski definition) is 6. The molecule has 0 fully saturated rings. The number of aromatic nitrogens is 2. The number of aromatic carboxylic acids is 1.